The third-order valence-electron chi connectivity index (χ3n) is 2.06. The van der Waals surface area contributed by atoms with Crippen molar-refractivity contribution in [2.45, 2.75) is 19.3 Å². The van der Waals surface area contributed by atoms with Gasteiger partial charge in [-0.25, -0.2) is 0 Å². The average Bonchev–Trinajstić information content (AvgIpc) is 2.27. The predicted octanol–water partition coefficient (Wildman–Crippen LogP) is 1.87. The van der Waals surface area contributed by atoms with Gasteiger partial charge in [0.25, 0.3) is 0 Å². The highest BCUT2D eigenvalue weighted by molar-refractivity contribution is 5.27. The first kappa shape index (κ1) is 11.5. The molecule has 0 spiro atoms. The van der Waals surface area contributed by atoms with Gasteiger partial charge in [-0.05, 0) is 37.1 Å². The zero-order valence-corrected chi connectivity index (χ0v) is 8.78. The van der Waals surface area contributed by atoms with Crippen molar-refractivity contribution in [3.63, 3.8) is 0 Å². The number of benzene rings is 1. The van der Waals surface area contributed by atoms with Crippen LogP contribution in [-0.4, -0.2) is 13.2 Å². The second-order valence-corrected chi connectivity index (χ2v) is 3.29. The number of hydrogen-bond acceptors (Lipinski definition) is 3. The average molecular weight is 204 g/mol. The van der Waals surface area contributed by atoms with E-state index in [1.165, 1.54) is 5.56 Å². The van der Waals surface area contributed by atoms with Gasteiger partial charge >= 0.3 is 0 Å². The van der Waals surface area contributed by atoms with Gasteiger partial charge in [-0.3, -0.25) is 0 Å². The van der Waals surface area contributed by atoms with E-state index < -0.39 is 0 Å². The van der Waals surface area contributed by atoms with Gasteiger partial charge in [0.1, 0.15) is 5.75 Å². The third-order valence-corrected chi connectivity index (χ3v) is 2.06. The van der Waals surface area contributed by atoms with E-state index in [1.807, 2.05) is 24.3 Å². The van der Waals surface area contributed by atoms with E-state index in [4.69, 9.17) is 15.7 Å². The molecule has 0 unspecified atom stereocenters. The Labute approximate surface area is 90.5 Å². The van der Waals surface area contributed by atoms with Crippen LogP contribution in [0.15, 0.2) is 24.3 Å². The Hall–Kier alpha value is -1.53. The van der Waals surface area contributed by atoms with Gasteiger partial charge in [0.15, 0.2) is 0 Å². The number of nitrogens with zero attached hydrogens (tertiary/aromatic N) is 1. The molecule has 1 aromatic rings. The number of hydrogen-bond donors (Lipinski definition) is 1. The second kappa shape index (κ2) is 6.86. The van der Waals surface area contributed by atoms with E-state index in [0.29, 0.717) is 19.6 Å². The molecule has 0 radical (unpaired) electrons. The number of rotatable bonds is 6. The Kier molecular flexibility index (Phi) is 5.28. The van der Waals surface area contributed by atoms with Gasteiger partial charge in [-0.2, -0.15) is 5.26 Å². The van der Waals surface area contributed by atoms with Crippen molar-refractivity contribution < 1.29 is 4.74 Å². The molecule has 80 valence electrons. The van der Waals surface area contributed by atoms with E-state index in [-0.39, 0.29) is 0 Å². The molecular formula is C12H16N2O. The SMILES string of the molecule is N#CCCCOc1ccc(CCN)cc1. The lowest BCUT2D eigenvalue weighted by Gasteiger charge is -2.05. The first-order valence-corrected chi connectivity index (χ1v) is 5.15. The van der Waals surface area contributed by atoms with Gasteiger partial charge in [0.05, 0.1) is 12.7 Å². The molecule has 2 N–H and O–H groups in total. The predicted molar refractivity (Wildman–Crippen MR) is 59.5 cm³/mol. The third kappa shape index (κ3) is 4.48. The van der Waals surface area contributed by atoms with E-state index in [0.717, 1.165) is 18.6 Å². The molecule has 0 saturated heterocycles. The van der Waals surface area contributed by atoms with Gasteiger partial charge in [0.2, 0.25) is 0 Å². The van der Waals surface area contributed by atoms with Crippen LogP contribution in [0.25, 0.3) is 0 Å². The molecule has 1 aromatic carbocycles. The Bertz CT molecular complexity index is 313. The zero-order chi connectivity index (χ0) is 10.9. The molecule has 3 heteroatoms. The Balaban J connectivity index is 2.33. The highest BCUT2D eigenvalue weighted by Crippen LogP contribution is 2.12. The molecule has 0 aliphatic heterocycles. The molecule has 0 aromatic heterocycles. The lowest BCUT2D eigenvalue weighted by atomic mass is 10.1. The summed E-state index contributed by atoms with van der Waals surface area (Å²) in [5.41, 5.74) is 6.67. The summed E-state index contributed by atoms with van der Waals surface area (Å²) in [4.78, 5) is 0. The fourth-order valence-corrected chi connectivity index (χ4v) is 1.26. The smallest absolute Gasteiger partial charge is 0.119 e. The zero-order valence-electron chi connectivity index (χ0n) is 8.78. The normalized spacial score (nSPS) is 9.60. The molecule has 0 fully saturated rings. The van der Waals surface area contributed by atoms with Crippen LogP contribution >= 0.6 is 0 Å². The van der Waals surface area contributed by atoms with Crippen molar-refractivity contribution >= 4 is 0 Å². The summed E-state index contributed by atoms with van der Waals surface area (Å²) in [6.07, 6.45) is 2.22. The second-order valence-electron chi connectivity index (χ2n) is 3.29. The maximum atomic E-state index is 8.34. The molecule has 1 rings (SSSR count). The molecule has 0 heterocycles. The van der Waals surface area contributed by atoms with E-state index in [9.17, 15) is 0 Å². The van der Waals surface area contributed by atoms with Gasteiger partial charge in [0, 0.05) is 6.42 Å². The van der Waals surface area contributed by atoms with Crippen LogP contribution in [0.2, 0.25) is 0 Å². The topological polar surface area (TPSA) is 59.0 Å². The van der Waals surface area contributed by atoms with Crippen LogP contribution in [0.5, 0.6) is 5.75 Å². The summed E-state index contributed by atoms with van der Waals surface area (Å²) in [6, 6.07) is 10.0. The maximum absolute atomic E-state index is 8.34. The minimum absolute atomic E-state index is 0.547. The van der Waals surface area contributed by atoms with Crippen molar-refractivity contribution in [3.05, 3.63) is 29.8 Å². The van der Waals surface area contributed by atoms with Gasteiger partial charge < -0.3 is 10.5 Å². The first-order chi connectivity index (χ1) is 7.36. The molecular weight excluding hydrogens is 188 g/mol. The fourth-order valence-electron chi connectivity index (χ4n) is 1.26. The van der Waals surface area contributed by atoms with Crippen molar-refractivity contribution in [1.29, 1.82) is 5.26 Å². The highest BCUT2D eigenvalue weighted by atomic mass is 16.5. The number of nitrogens with two attached hydrogens (primary N) is 1. The van der Waals surface area contributed by atoms with E-state index >= 15 is 0 Å². The Morgan fingerprint density at radius 1 is 1.27 bits per heavy atom. The molecule has 0 saturated carbocycles. The minimum atomic E-state index is 0.547. The fraction of sp³-hybridized carbons (Fsp3) is 0.417. The lowest BCUT2D eigenvalue weighted by molar-refractivity contribution is 0.312. The maximum Gasteiger partial charge on any atom is 0.119 e. The van der Waals surface area contributed by atoms with Crippen molar-refractivity contribution in [2.24, 2.45) is 5.73 Å². The number of ether oxygens (including phenoxy) is 1. The quantitative estimate of drug-likeness (QED) is 0.719. The van der Waals surface area contributed by atoms with Crippen LogP contribution in [0.4, 0.5) is 0 Å². The number of unbranched alkanes of at least 4 members (excludes halogenated alkanes) is 1. The molecule has 15 heavy (non-hydrogen) atoms. The van der Waals surface area contributed by atoms with Crippen LogP contribution in [0.3, 0.4) is 0 Å². The van der Waals surface area contributed by atoms with Crippen LogP contribution in [-0.2, 0) is 6.42 Å². The largest absolute Gasteiger partial charge is 0.494 e. The molecule has 0 atom stereocenters. The molecule has 0 aliphatic rings. The van der Waals surface area contributed by atoms with Crippen LogP contribution < -0.4 is 10.5 Å². The summed E-state index contributed by atoms with van der Waals surface area (Å²) in [5.74, 6) is 0.855. The van der Waals surface area contributed by atoms with E-state index in [1.54, 1.807) is 0 Å². The monoisotopic (exact) mass is 204 g/mol. The number of nitriles is 1. The van der Waals surface area contributed by atoms with Crippen molar-refractivity contribution in [3.8, 4) is 11.8 Å². The molecule has 0 aliphatic carbocycles. The van der Waals surface area contributed by atoms with Gasteiger partial charge in [-0.1, -0.05) is 12.1 Å². The summed E-state index contributed by atoms with van der Waals surface area (Å²) in [6.45, 7) is 1.27. The van der Waals surface area contributed by atoms with Crippen molar-refractivity contribution in [2.75, 3.05) is 13.2 Å². The molecule has 3 nitrogen and oxygen atoms in total. The summed E-state index contributed by atoms with van der Waals surface area (Å²) >= 11 is 0. The molecule has 0 amide bonds. The molecule has 0 bridgehead atoms. The van der Waals surface area contributed by atoms with E-state index in [2.05, 4.69) is 6.07 Å². The Morgan fingerprint density at radius 3 is 2.60 bits per heavy atom. The Morgan fingerprint density at radius 2 is 2.00 bits per heavy atom. The van der Waals surface area contributed by atoms with Crippen LogP contribution in [0, 0.1) is 11.3 Å². The van der Waals surface area contributed by atoms with Gasteiger partial charge in [-0.15, -0.1) is 0 Å². The highest BCUT2D eigenvalue weighted by Gasteiger charge is 1.94. The summed E-state index contributed by atoms with van der Waals surface area (Å²) in [5, 5.41) is 8.34. The minimum Gasteiger partial charge on any atom is -0.494 e. The summed E-state index contributed by atoms with van der Waals surface area (Å²) in [7, 11) is 0. The first-order valence-electron chi connectivity index (χ1n) is 5.15. The summed E-state index contributed by atoms with van der Waals surface area (Å²) < 4.78 is 5.46. The lowest BCUT2D eigenvalue weighted by Crippen LogP contribution is -2.02. The standard InChI is InChI=1S/C12H16N2O/c13-8-1-2-10-15-12-5-3-11(4-6-12)7-9-14/h3-6H,1-2,7,9-10,14H2. The van der Waals surface area contributed by atoms with Crippen LogP contribution in [0.1, 0.15) is 18.4 Å². The van der Waals surface area contributed by atoms with Crippen molar-refractivity contribution in [1.82, 2.24) is 0 Å².